The Labute approximate surface area is 178 Å². The van der Waals surface area contributed by atoms with E-state index in [2.05, 4.69) is 12.2 Å². The first kappa shape index (κ1) is 18.2. The molecule has 6 nitrogen and oxygen atoms in total. The monoisotopic (exact) mass is 413 g/mol. The summed E-state index contributed by atoms with van der Waals surface area (Å²) >= 11 is 0. The van der Waals surface area contributed by atoms with Crippen molar-refractivity contribution in [2.75, 3.05) is 4.90 Å². The normalized spacial score (nSPS) is 31.9. The van der Waals surface area contributed by atoms with Gasteiger partial charge in [-0.05, 0) is 72.6 Å². The summed E-state index contributed by atoms with van der Waals surface area (Å²) in [5.41, 5.74) is 1.13. The van der Waals surface area contributed by atoms with Crippen molar-refractivity contribution in [3.05, 3.63) is 71.8 Å². The van der Waals surface area contributed by atoms with Gasteiger partial charge in [0.15, 0.2) is 0 Å². The van der Waals surface area contributed by atoms with Crippen molar-refractivity contribution in [3.63, 3.8) is 0 Å². The first-order valence-electron chi connectivity index (χ1n) is 10.5. The molecule has 5 aliphatic rings. The van der Waals surface area contributed by atoms with Gasteiger partial charge in [-0.2, -0.15) is 0 Å². The fourth-order valence-corrected chi connectivity index (χ4v) is 5.76. The lowest BCUT2D eigenvalue weighted by Gasteiger charge is -2.37. The molecule has 0 unspecified atom stereocenters. The summed E-state index contributed by atoms with van der Waals surface area (Å²) in [6.07, 6.45) is 6.10. The Morgan fingerprint density at radius 2 is 1.58 bits per heavy atom. The highest BCUT2D eigenvalue weighted by atomic mass is 16.5. The molecule has 6 atom stereocenters. The maximum Gasteiger partial charge on any atom is 0.343 e. The summed E-state index contributed by atoms with van der Waals surface area (Å²) in [5, 5.41) is 0. The molecular weight excluding hydrogens is 394 g/mol. The quantitative estimate of drug-likeness (QED) is 0.253. The highest BCUT2D eigenvalue weighted by Crippen LogP contribution is 2.65. The molecule has 0 radical (unpaired) electrons. The zero-order chi connectivity index (χ0) is 21.3. The van der Waals surface area contributed by atoms with Crippen LogP contribution in [0.1, 0.15) is 27.1 Å². The Kier molecular flexibility index (Phi) is 3.81. The SMILES string of the molecule is O=Cc1ccc(OC(=O)c2cccc(N3C(=O)[C@@H]4[C@H]5C=C[C@@H]([C@@H]6C[C@@H]56)[C@H]4C3=O)c2)cc1. The van der Waals surface area contributed by atoms with E-state index in [4.69, 9.17) is 4.74 Å². The molecule has 2 saturated carbocycles. The first-order valence-corrected chi connectivity index (χ1v) is 10.5. The maximum atomic E-state index is 13.3. The minimum Gasteiger partial charge on any atom is -0.423 e. The molecule has 2 aromatic rings. The van der Waals surface area contributed by atoms with Crippen LogP contribution in [-0.4, -0.2) is 24.1 Å². The average Bonchev–Trinajstić information content (AvgIpc) is 3.57. The molecule has 2 amide bonds. The van der Waals surface area contributed by atoms with E-state index in [1.54, 1.807) is 30.3 Å². The zero-order valence-electron chi connectivity index (χ0n) is 16.5. The van der Waals surface area contributed by atoms with Crippen molar-refractivity contribution < 1.29 is 23.9 Å². The number of hydrogen-bond acceptors (Lipinski definition) is 5. The van der Waals surface area contributed by atoms with Gasteiger partial charge in [0.05, 0.1) is 23.1 Å². The summed E-state index contributed by atoms with van der Waals surface area (Å²) < 4.78 is 5.38. The van der Waals surface area contributed by atoms with E-state index in [0.717, 1.165) is 6.42 Å². The standard InChI is InChI=1S/C25H19NO5/c27-12-13-4-6-16(7-5-13)31-25(30)14-2-1-3-15(10-14)26-23(28)21-17-8-9-18(20-11-19(17)20)22(21)24(26)29/h1-10,12,17-22H,11H2/t17-,18-,19-,20-,21+,22+/m0/s1. The van der Waals surface area contributed by atoms with E-state index in [1.807, 2.05) is 0 Å². The number of allylic oxidation sites excluding steroid dienone is 2. The number of imide groups is 1. The number of carbonyl (C=O) groups excluding carboxylic acids is 4. The minimum atomic E-state index is -0.597. The Balaban J connectivity index is 1.26. The molecule has 2 bridgehead atoms. The van der Waals surface area contributed by atoms with Crippen LogP contribution < -0.4 is 9.64 Å². The molecule has 1 aliphatic heterocycles. The van der Waals surface area contributed by atoms with Crippen LogP contribution in [0.15, 0.2) is 60.7 Å². The van der Waals surface area contributed by atoms with Crippen LogP contribution in [0.5, 0.6) is 5.75 Å². The van der Waals surface area contributed by atoms with Crippen molar-refractivity contribution in [1.82, 2.24) is 0 Å². The Bertz CT molecular complexity index is 1130. The molecule has 7 rings (SSSR count). The lowest BCUT2D eigenvalue weighted by atomic mass is 9.63. The van der Waals surface area contributed by atoms with Crippen LogP contribution in [0, 0.1) is 35.5 Å². The Hall–Kier alpha value is -3.54. The second kappa shape index (κ2) is 6.48. The molecule has 0 aromatic heterocycles. The minimum absolute atomic E-state index is 0.156. The smallest absolute Gasteiger partial charge is 0.343 e. The third-order valence-electron chi connectivity index (χ3n) is 7.23. The van der Waals surface area contributed by atoms with Gasteiger partial charge in [-0.15, -0.1) is 0 Å². The van der Waals surface area contributed by atoms with Crippen molar-refractivity contribution in [2.45, 2.75) is 6.42 Å². The fourth-order valence-electron chi connectivity index (χ4n) is 5.76. The number of aldehydes is 1. The highest BCUT2D eigenvalue weighted by molar-refractivity contribution is 6.23. The first-order chi connectivity index (χ1) is 15.1. The molecule has 1 heterocycles. The van der Waals surface area contributed by atoms with Gasteiger partial charge in [0.25, 0.3) is 0 Å². The van der Waals surface area contributed by atoms with Gasteiger partial charge < -0.3 is 4.74 Å². The Morgan fingerprint density at radius 3 is 2.19 bits per heavy atom. The third kappa shape index (κ3) is 2.64. The number of carbonyl (C=O) groups is 4. The number of amides is 2. The predicted octanol–water partition coefficient (Wildman–Crippen LogP) is 3.28. The van der Waals surface area contributed by atoms with Crippen molar-refractivity contribution in [1.29, 1.82) is 0 Å². The third-order valence-corrected chi connectivity index (χ3v) is 7.23. The van der Waals surface area contributed by atoms with Gasteiger partial charge in [0, 0.05) is 5.56 Å². The van der Waals surface area contributed by atoms with Gasteiger partial charge in [-0.1, -0.05) is 18.2 Å². The van der Waals surface area contributed by atoms with Crippen LogP contribution in [0.25, 0.3) is 0 Å². The molecular formula is C25H19NO5. The average molecular weight is 413 g/mol. The zero-order valence-corrected chi connectivity index (χ0v) is 16.5. The van der Waals surface area contributed by atoms with Crippen LogP contribution in [0.3, 0.4) is 0 Å². The number of anilines is 1. The van der Waals surface area contributed by atoms with Gasteiger partial charge >= 0.3 is 5.97 Å². The molecule has 3 fully saturated rings. The summed E-state index contributed by atoms with van der Waals surface area (Å²) in [4.78, 5) is 51.2. The van der Waals surface area contributed by atoms with Gasteiger partial charge in [0.2, 0.25) is 11.8 Å². The molecule has 6 heteroatoms. The predicted molar refractivity (Wildman–Crippen MR) is 110 cm³/mol. The van der Waals surface area contributed by atoms with Gasteiger partial charge in [-0.3, -0.25) is 14.4 Å². The summed E-state index contributed by atoms with van der Waals surface area (Å²) in [6.45, 7) is 0. The lowest BCUT2D eigenvalue weighted by molar-refractivity contribution is -0.124. The fraction of sp³-hybridized carbons (Fsp3) is 0.280. The summed E-state index contributed by atoms with van der Waals surface area (Å²) in [6, 6.07) is 12.6. The largest absolute Gasteiger partial charge is 0.423 e. The van der Waals surface area contributed by atoms with E-state index in [9.17, 15) is 19.2 Å². The van der Waals surface area contributed by atoms with E-state index >= 15 is 0 Å². The number of nitrogens with zero attached hydrogens (tertiary/aromatic N) is 1. The molecule has 0 spiro atoms. The molecule has 31 heavy (non-hydrogen) atoms. The molecule has 4 aliphatic carbocycles. The number of hydrogen-bond donors (Lipinski definition) is 0. The summed E-state index contributed by atoms with van der Waals surface area (Å²) in [5.74, 6) is 0.232. The second-order valence-corrected chi connectivity index (χ2v) is 8.79. The van der Waals surface area contributed by atoms with Gasteiger partial charge in [-0.25, -0.2) is 9.69 Å². The van der Waals surface area contributed by atoms with Crippen LogP contribution in [0.2, 0.25) is 0 Å². The van der Waals surface area contributed by atoms with Crippen molar-refractivity contribution in [3.8, 4) is 5.75 Å². The second-order valence-electron chi connectivity index (χ2n) is 8.79. The van der Waals surface area contributed by atoms with Crippen LogP contribution in [-0.2, 0) is 9.59 Å². The number of esters is 1. The van der Waals surface area contributed by atoms with E-state index in [1.165, 1.54) is 23.1 Å². The van der Waals surface area contributed by atoms with Gasteiger partial charge in [0.1, 0.15) is 12.0 Å². The topological polar surface area (TPSA) is 80.8 Å². The molecule has 154 valence electrons. The molecule has 1 saturated heterocycles. The van der Waals surface area contributed by atoms with Crippen LogP contribution >= 0.6 is 0 Å². The molecule has 0 N–H and O–H groups in total. The number of rotatable bonds is 4. The number of benzene rings is 2. The maximum absolute atomic E-state index is 13.3. The van der Waals surface area contributed by atoms with Crippen molar-refractivity contribution in [2.24, 2.45) is 35.5 Å². The van der Waals surface area contributed by atoms with Crippen molar-refractivity contribution >= 4 is 29.8 Å². The van der Waals surface area contributed by atoms with E-state index in [0.29, 0.717) is 35.1 Å². The van der Waals surface area contributed by atoms with Crippen LogP contribution in [0.4, 0.5) is 5.69 Å². The van der Waals surface area contributed by atoms with E-state index in [-0.39, 0.29) is 41.0 Å². The Morgan fingerprint density at radius 1 is 0.935 bits per heavy atom. The summed E-state index contributed by atoms with van der Waals surface area (Å²) in [7, 11) is 0. The molecule has 2 aromatic carbocycles. The van der Waals surface area contributed by atoms with E-state index < -0.39 is 5.97 Å². The highest BCUT2D eigenvalue weighted by Gasteiger charge is 2.67. The lowest BCUT2D eigenvalue weighted by Crippen LogP contribution is -2.40. The number of ether oxygens (including phenoxy) is 1.